The minimum absolute atomic E-state index is 0.101. The van der Waals surface area contributed by atoms with Crippen LogP contribution in [0.1, 0.15) is 45.6 Å². The number of aliphatic hydroxyl groups excluding tert-OH is 1. The summed E-state index contributed by atoms with van der Waals surface area (Å²) in [5.74, 6) is 0.337. The van der Waals surface area contributed by atoms with Crippen molar-refractivity contribution in [3.05, 3.63) is 29.8 Å². The Hall–Kier alpha value is -1.35. The predicted octanol–water partition coefficient (Wildman–Crippen LogP) is 3.05. The molecule has 1 N–H and O–H groups in total. The van der Waals surface area contributed by atoms with Gasteiger partial charge in [-0.15, -0.1) is 0 Å². The highest BCUT2D eigenvalue weighted by molar-refractivity contribution is 5.72. The molecule has 0 unspecified atom stereocenters. The van der Waals surface area contributed by atoms with Crippen molar-refractivity contribution in [2.24, 2.45) is 0 Å². The summed E-state index contributed by atoms with van der Waals surface area (Å²) in [7, 11) is 0. The summed E-state index contributed by atoms with van der Waals surface area (Å²) in [6.07, 6.45) is 1.65. The van der Waals surface area contributed by atoms with E-state index in [1.165, 1.54) is 5.56 Å². The van der Waals surface area contributed by atoms with Crippen LogP contribution < -0.4 is 4.74 Å². The van der Waals surface area contributed by atoms with Gasteiger partial charge < -0.3 is 9.84 Å². The fourth-order valence-electron chi connectivity index (χ4n) is 1.59. The number of carbonyl (C=O) groups is 1. The maximum atomic E-state index is 11.5. The normalized spacial score (nSPS) is 11.3. The Morgan fingerprint density at radius 2 is 1.78 bits per heavy atom. The van der Waals surface area contributed by atoms with Gasteiger partial charge in [0, 0.05) is 13.0 Å². The van der Waals surface area contributed by atoms with Crippen LogP contribution in [0.25, 0.3) is 0 Å². The molecule has 0 radical (unpaired) electrons. The maximum absolute atomic E-state index is 11.5. The molecular formula is C15H22O3. The van der Waals surface area contributed by atoms with Crippen LogP contribution in [0.15, 0.2) is 24.3 Å². The molecule has 1 aromatic rings. The Balaban J connectivity index is 2.51. The molecule has 0 heterocycles. The van der Waals surface area contributed by atoms with E-state index >= 15 is 0 Å². The average molecular weight is 250 g/mol. The average Bonchev–Trinajstić information content (AvgIpc) is 2.29. The second-order valence-corrected chi connectivity index (χ2v) is 5.43. The Labute approximate surface area is 109 Å². The number of carbonyl (C=O) groups excluding carboxylic acids is 1. The summed E-state index contributed by atoms with van der Waals surface area (Å²) in [5.41, 5.74) is 1.31. The smallest absolute Gasteiger partial charge is 0.311 e. The number of unbranched alkanes of at least 4 members (excludes halogenated alkanes) is 1. The summed E-state index contributed by atoms with van der Waals surface area (Å²) < 4.78 is 5.21. The zero-order valence-corrected chi connectivity index (χ0v) is 11.4. The summed E-state index contributed by atoms with van der Waals surface area (Å²) in [6.45, 7) is 6.54. The molecule has 0 spiro atoms. The number of ether oxygens (including phenoxy) is 1. The first-order valence-corrected chi connectivity index (χ1v) is 6.35. The lowest BCUT2D eigenvalue weighted by molar-refractivity contribution is -0.134. The number of hydrogen-bond donors (Lipinski definition) is 1. The fourth-order valence-corrected chi connectivity index (χ4v) is 1.59. The van der Waals surface area contributed by atoms with Gasteiger partial charge in [0.1, 0.15) is 5.75 Å². The Morgan fingerprint density at radius 3 is 2.28 bits per heavy atom. The Bertz CT molecular complexity index is 374. The molecule has 3 nitrogen and oxygen atoms in total. The number of rotatable bonds is 5. The fraction of sp³-hybridized carbons (Fsp3) is 0.533. The first-order valence-electron chi connectivity index (χ1n) is 6.35. The van der Waals surface area contributed by atoms with Crippen molar-refractivity contribution >= 4 is 5.97 Å². The SMILES string of the molecule is CC(C)(C)c1ccc(OC(=O)CCCCO)cc1. The van der Waals surface area contributed by atoms with Gasteiger partial charge in [0.05, 0.1) is 0 Å². The highest BCUT2D eigenvalue weighted by Crippen LogP contribution is 2.24. The second-order valence-electron chi connectivity index (χ2n) is 5.43. The predicted molar refractivity (Wildman–Crippen MR) is 71.7 cm³/mol. The van der Waals surface area contributed by atoms with Gasteiger partial charge in [-0.05, 0) is 36.0 Å². The molecule has 0 aromatic heterocycles. The zero-order chi connectivity index (χ0) is 13.6. The largest absolute Gasteiger partial charge is 0.427 e. The summed E-state index contributed by atoms with van der Waals surface area (Å²) in [4.78, 5) is 11.5. The Morgan fingerprint density at radius 1 is 1.17 bits per heavy atom. The highest BCUT2D eigenvalue weighted by atomic mass is 16.5. The van der Waals surface area contributed by atoms with Crippen LogP contribution in [0, 0.1) is 0 Å². The molecule has 3 heteroatoms. The van der Waals surface area contributed by atoms with E-state index in [0.29, 0.717) is 25.0 Å². The van der Waals surface area contributed by atoms with Gasteiger partial charge in [0.25, 0.3) is 0 Å². The molecule has 0 aliphatic carbocycles. The monoisotopic (exact) mass is 250 g/mol. The summed E-state index contributed by atoms with van der Waals surface area (Å²) >= 11 is 0. The molecule has 0 atom stereocenters. The van der Waals surface area contributed by atoms with Crippen molar-refractivity contribution in [1.29, 1.82) is 0 Å². The van der Waals surface area contributed by atoms with E-state index in [1.54, 1.807) is 0 Å². The van der Waals surface area contributed by atoms with E-state index in [4.69, 9.17) is 9.84 Å². The highest BCUT2D eigenvalue weighted by Gasteiger charge is 2.13. The molecule has 100 valence electrons. The van der Waals surface area contributed by atoms with Crippen molar-refractivity contribution < 1.29 is 14.6 Å². The third kappa shape index (κ3) is 4.88. The first-order chi connectivity index (χ1) is 8.43. The van der Waals surface area contributed by atoms with Crippen LogP contribution in [0.4, 0.5) is 0 Å². The molecule has 0 aliphatic heterocycles. The number of hydrogen-bond acceptors (Lipinski definition) is 3. The minimum Gasteiger partial charge on any atom is -0.427 e. The lowest BCUT2D eigenvalue weighted by atomic mass is 9.87. The van der Waals surface area contributed by atoms with Crippen LogP contribution in [0.2, 0.25) is 0 Å². The molecular weight excluding hydrogens is 228 g/mol. The molecule has 18 heavy (non-hydrogen) atoms. The van der Waals surface area contributed by atoms with Crippen molar-refractivity contribution in [2.45, 2.75) is 45.4 Å². The number of esters is 1. The molecule has 0 fully saturated rings. The zero-order valence-electron chi connectivity index (χ0n) is 11.4. The van der Waals surface area contributed by atoms with E-state index in [0.717, 1.165) is 0 Å². The van der Waals surface area contributed by atoms with Crippen molar-refractivity contribution in [1.82, 2.24) is 0 Å². The van der Waals surface area contributed by atoms with Gasteiger partial charge >= 0.3 is 5.97 Å². The van der Waals surface area contributed by atoms with Crippen LogP contribution in [0.3, 0.4) is 0 Å². The van der Waals surface area contributed by atoms with Gasteiger partial charge in [-0.1, -0.05) is 32.9 Å². The van der Waals surface area contributed by atoms with E-state index in [-0.39, 0.29) is 18.0 Å². The van der Waals surface area contributed by atoms with Crippen LogP contribution >= 0.6 is 0 Å². The molecule has 0 saturated carbocycles. The van der Waals surface area contributed by atoms with E-state index in [1.807, 2.05) is 24.3 Å². The van der Waals surface area contributed by atoms with Crippen LogP contribution in [0.5, 0.6) is 5.75 Å². The van der Waals surface area contributed by atoms with Crippen molar-refractivity contribution in [2.75, 3.05) is 6.61 Å². The molecule has 0 amide bonds. The van der Waals surface area contributed by atoms with Gasteiger partial charge in [0.2, 0.25) is 0 Å². The van der Waals surface area contributed by atoms with E-state index in [2.05, 4.69) is 20.8 Å². The quantitative estimate of drug-likeness (QED) is 0.496. The van der Waals surface area contributed by atoms with Crippen molar-refractivity contribution in [3.8, 4) is 5.75 Å². The lowest BCUT2D eigenvalue weighted by Gasteiger charge is -2.18. The third-order valence-electron chi connectivity index (χ3n) is 2.74. The molecule has 0 saturated heterocycles. The molecule has 1 rings (SSSR count). The number of aliphatic hydroxyl groups is 1. The van der Waals surface area contributed by atoms with Gasteiger partial charge in [0.15, 0.2) is 0 Å². The van der Waals surface area contributed by atoms with Gasteiger partial charge in [-0.2, -0.15) is 0 Å². The Kier molecular flexibility index (Phi) is 5.35. The molecule has 0 bridgehead atoms. The van der Waals surface area contributed by atoms with Crippen LogP contribution in [-0.2, 0) is 10.2 Å². The third-order valence-corrected chi connectivity index (χ3v) is 2.74. The topological polar surface area (TPSA) is 46.5 Å². The van der Waals surface area contributed by atoms with Crippen LogP contribution in [-0.4, -0.2) is 17.7 Å². The number of benzene rings is 1. The first kappa shape index (κ1) is 14.7. The second kappa shape index (κ2) is 6.55. The van der Waals surface area contributed by atoms with E-state index in [9.17, 15) is 4.79 Å². The van der Waals surface area contributed by atoms with E-state index < -0.39 is 0 Å². The molecule has 0 aliphatic rings. The summed E-state index contributed by atoms with van der Waals surface area (Å²) in [6, 6.07) is 7.61. The van der Waals surface area contributed by atoms with Gasteiger partial charge in [-0.3, -0.25) is 4.79 Å². The lowest BCUT2D eigenvalue weighted by Crippen LogP contribution is -2.11. The van der Waals surface area contributed by atoms with Gasteiger partial charge in [-0.25, -0.2) is 0 Å². The minimum atomic E-state index is -0.244. The molecule has 1 aromatic carbocycles. The summed E-state index contributed by atoms with van der Waals surface area (Å²) in [5, 5.41) is 8.62. The van der Waals surface area contributed by atoms with Crippen molar-refractivity contribution in [3.63, 3.8) is 0 Å². The maximum Gasteiger partial charge on any atom is 0.311 e. The standard InChI is InChI=1S/C15H22O3/c1-15(2,3)12-7-9-13(10-8-12)18-14(17)6-4-5-11-16/h7-10,16H,4-6,11H2,1-3H3.